The fourth-order valence-electron chi connectivity index (χ4n) is 1.44. The Labute approximate surface area is 105 Å². The summed E-state index contributed by atoms with van der Waals surface area (Å²) in [6.45, 7) is 1.98. The first-order valence-corrected chi connectivity index (χ1v) is 5.36. The first-order valence-electron chi connectivity index (χ1n) is 5.36. The largest absolute Gasteiger partial charge is 0.388 e. The Morgan fingerprint density at radius 1 is 1.11 bits per heavy atom. The van der Waals surface area contributed by atoms with Crippen molar-refractivity contribution in [3.8, 4) is 6.07 Å². The van der Waals surface area contributed by atoms with Crippen molar-refractivity contribution in [1.29, 1.82) is 5.26 Å². The van der Waals surface area contributed by atoms with E-state index < -0.39 is 0 Å². The van der Waals surface area contributed by atoms with Gasteiger partial charge in [0.15, 0.2) is 5.69 Å². The number of aryl methyl sites for hydroxylation is 1. The van der Waals surface area contributed by atoms with Crippen molar-refractivity contribution < 1.29 is 0 Å². The Balaban J connectivity index is 2.20. The van der Waals surface area contributed by atoms with Gasteiger partial charge in [0.05, 0.1) is 12.4 Å². The van der Waals surface area contributed by atoms with Crippen LogP contribution in [0, 0.1) is 18.3 Å². The van der Waals surface area contributed by atoms with E-state index in [-0.39, 0.29) is 5.69 Å². The van der Waals surface area contributed by atoms with Gasteiger partial charge in [0.1, 0.15) is 17.7 Å². The van der Waals surface area contributed by atoms with Gasteiger partial charge in [0.25, 0.3) is 0 Å². The molecule has 18 heavy (non-hydrogen) atoms. The zero-order chi connectivity index (χ0) is 13.0. The van der Waals surface area contributed by atoms with Crippen LogP contribution < -0.4 is 10.6 Å². The summed E-state index contributed by atoms with van der Waals surface area (Å²) in [4.78, 5) is 12.2. The molecule has 0 aliphatic heterocycles. The number of hydrogen-bond acceptors (Lipinski definition) is 6. The zero-order valence-corrected chi connectivity index (χ0v) is 10.1. The molecule has 6 heteroatoms. The fourth-order valence-corrected chi connectivity index (χ4v) is 1.44. The average Bonchev–Trinajstić information content (AvgIpc) is 2.42. The Morgan fingerprint density at radius 3 is 2.50 bits per heavy atom. The molecule has 0 atom stereocenters. The Hall–Kier alpha value is -2.68. The van der Waals surface area contributed by atoms with E-state index in [2.05, 4.69) is 25.6 Å². The number of aromatic nitrogens is 3. The predicted octanol–water partition coefficient (Wildman–Crippen LogP) is 1.84. The van der Waals surface area contributed by atoms with Gasteiger partial charge in [-0.05, 0) is 12.5 Å². The van der Waals surface area contributed by atoms with E-state index in [0.29, 0.717) is 11.6 Å². The van der Waals surface area contributed by atoms with Crippen LogP contribution >= 0.6 is 0 Å². The lowest BCUT2D eigenvalue weighted by molar-refractivity contribution is 1.15. The van der Waals surface area contributed by atoms with Crippen LogP contribution in [0.5, 0.6) is 0 Å². The van der Waals surface area contributed by atoms with E-state index in [1.807, 2.05) is 26.1 Å². The lowest BCUT2D eigenvalue weighted by Gasteiger charge is -2.08. The van der Waals surface area contributed by atoms with Gasteiger partial charge in [0.2, 0.25) is 0 Å². The van der Waals surface area contributed by atoms with Crippen LogP contribution in [0.25, 0.3) is 0 Å². The monoisotopic (exact) mass is 240 g/mol. The molecule has 2 heterocycles. The van der Waals surface area contributed by atoms with Crippen LogP contribution in [0.4, 0.5) is 17.3 Å². The highest BCUT2D eigenvalue weighted by atomic mass is 15.1. The van der Waals surface area contributed by atoms with Crippen molar-refractivity contribution in [1.82, 2.24) is 15.0 Å². The molecule has 0 aromatic carbocycles. The molecule has 0 saturated carbocycles. The molecule has 0 spiro atoms. The topological polar surface area (TPSA) is 86.5 Å². The SMILES string of the molecule is CNc1cc(Nc2cnc(C#N)cn2)ncc1C. The fraction of sp³-hybridized carbons (Fsp3) is 0.167. The minimum absolute atomic E-state index is 0.285. The van der Waals surface area contributed by atoms with Crippen molar-refractivity contribution >= 4 is 17.3 Å². The number of hydrogen-bond donors (Lipinski definition) is 2. The second-order valence-electron chi connectivity index (χ2n) is 3.66. The third-order valence-corrected chi connectivity index (χ3v) is 2.40. The van der Waals surface area contributed by atoms with E-state index >= 15 is 0 Å². The highest BCUT2D eigenvalue weighted by molar-refractivity contribution is 5.60. The molecule has 0 fully saturated rings. The number of nitrogens with zero attached hydrogens (tertiary/aromatic N) is 4. The number of pyridine rings is 1. The first-order chi connectivity index (χ1) is 8.72. The van der Waals surface area contributed by atoms with Crippen molar-refractivity contribution in [3.05, 3.63) is 35.9 Å². The molecule has 0 amide bonds. The zero-order valence-electron chi connectivity index (χ0n) is 10.1. The molecule has 0 unspecified atom stereocenters. The third-order valence-electron chi connectivity index (χ3n) is 2.40. The Morgan fingerprint density at radius 2 is 1.89 bits per heavy atom. The summed E-state index contributed by atoms with van der Waals surface area (Å²) in [7, 11) is 1.85. The van der Waals surface area contributed by atoms with E-state index in [1.54, 1.807) is 6.20 Å². The van der Waals surface area contributed by atoms with Crippen LogP contribution in [0.3, 0.4) is 0 Å². The predicted molar refractivity (Wildman–Crippen MR) is 68.6 cm³/mol. The van der Waals surface area contributed by atoms with Gasteiger partial charge >= 0.3 is 0 Å². The molecular formula is C12H12N6. The Bertz CT molecular complexity index is 585. The van der Waals surface area contributed by atoms with Crippen molar-refractivity contribution in [2.24, 2.45) is 0 Å². The summed E-state index contributed by atoms with van der Waals surface area (Å²) in [6.07, 6.45) is 4.68. The molecule has 2 aromatic heterocycles. The average molecular weight is 240 g/mol. The molecule has 0 bridgehead atoms. The van der Waals surface area contributed by atoms with Crippen LogP contribution in [-0.2, 0) is 0 Å². The van der Waals surface area contributed by atoms with Gasteiger partial charge in [0, 0.05) is 25.0 Å². The number of nitriles is 1. The molecule has 2 N–H and O–H groups in total. The van der Waals surface area contributed by atoms with E-state index in [9.17, 15) is 0 Å². The molecule has 0 aliphatic rings. The van der Waals surface area contributed by atoms with Crippen LogP contribution in [0.2, 0.25) is 0 Å². The molecule has 2 rings (SSSR count). The van der Waals surface area contributed by atoms with Crippen LogP contribution in [0.1, 0.15) is 11.3 Å². The lowest BCUT2D eigenvalue weighted by atomic mass is 10.2. The van der Waals surface area contributed by atoms with Crippen molar-refractivity contribution in [2.75, 3.05) is 17.7 Å². The third kappa shape index (κ3) is 2.52. The number of nitrogens with one attached hydrogen (secondary N) is 2. The number of anilines is 3. The van der Waals surface area contributed by atoms with E-state index in [0.717, 1.165) is 11.3 Å². The molecule has 90 valence electrons. The second kappa shape index (κ2) is 5.10. The van der Waals surface area contributed by atoms with Gasteiger partial charge in [-0.15, -0.1) is 0 Å². The normalized spacial score (nSPS) is 9.61. The highest BCUT2D eigenvalue weighted by Gasteiger charge is 2.02. The van der Waals surface area contributed by atoms with Crippen LogP contribution in [-0.4, -0.2) is 22.0 Å². The molecule has 2 aromatic rings. The minimum Gasteiger partial charge on any atom is -0.388 e. The summed E-state index contributed by atoms with van der Waals surface area (Å²) < 4.78 is 0. The van der Waals surface area contributed by atoms with Gasteiger partial charge in [-0.2, -0.15) is 5.26 Å². The molecule has 0 saturated heterocycles. The van der Waals surface area contributed by atoms with E-state index in [1.165, 1.54) is 12.4 Å². The maximum absolute atomic E-state index is 8.62. The van der Waals surface area contributed by atoms with Gasteiger partial charge < -0.3 is 10.6 Å². The van der Waals surface area contributed by atoms with E-state index in [4.69, 9.17) is 5.26 Å². The molecule has 0 radical (unpaired) electrons. The summed E-state index contributed by atoms with van der Waals surface area (Å²) >= 11 is 0. The molecule has 6 nitrogen and oxygen atoms in total. The first kappa shape index (κ1) is 11.8. The molecular weight excluding hydrogens is 228 g/mol. The van der Waals surface area contributed by atoms with Crippen molar-refractivity contribution in [3.63, 3.8) is 0 Å². The van der Waals surface area contributed by atoms with Gasteiger partial charge in [-0.1, -0.05) is 0 Å². The standard InChI is InChI=1S/C12H12N6/c1-8-5-16-11(3-10(8)14-2)18-12-7-15-9(4-13)6-17-12/h3,5-7H,1-2H3,(H2,14,16,17,18). The quantitative estimate of drug-likeness (QED) is 0.851. The number of rotatable bonds is 3. The lowest BCUT2D eigenvalue weighted by Crippen LogP contribution is -2.00. The van der Waals surface area contributed by atoms with Gasteiger partial charge in [-0.25, -0.2) is 15.0 Å². The Kier molecular flexibility index (Phi) is 3.34. The van der Waals surface area contributed by atoms with Gasteiger partial charge in [-0.3, -0.25) is 0 Å². The maximum Gasteiger partial charge on any atom is 0.158 e. The maximum atomic E-state index is 8.62. The summed E-state index contributed by atoms with van der Waals surface area (Å²) in [6, 6.07) is 3.80. The summed E-state index contributed by atoms with van der Waals surface area (Å²) in [5.41, 5.74) is 2.34. The molecule has 0 aliphatic carbocycles. The minimum atomic E-state index is 0.285. The van der Waals surface area contributed by atoms with Crippen LogP contribution in [0.15, 0.2) is 24.7 Å². The van der Waals surface area contributed by atoms with Crippen molar-refractivity contribution in [2.45, 2.75) is 6.92 Å². The second-order valence-corrected chi connectivity index (χ2v) is 3.66. The highest BCUT2D eigenvalue weighted by Crippen LogP contribution is 2.19. The summed E-state index contributed by atoms with van der Waals surface area (Å²) in [5, 5.41) is 14.7. The summed E-state index contributed by atoms with van der Waals surface area (Å²) in [5.74, 6) is 1.22. The smallest absolute Gasteiger partial charge is 0.158 e.